The van der Waals surface area contributed by atoms with E-state index in [1.54, 1.807) is 18.2 Å². The Balaban J connectivity index is 2.15. The zero-order valence-electron chi connectivity index (χ0n) is 15.3. The maximum absolute atomic E-state index is 12.5. The number of H-pyrrole nitrogens is 1. The van der Waals surface area contributed by atoms with Crippen LogP contribution in [0.4, 0.5) is 0 Å². The minimum Gasteiger partial charge on any atom is -0.506 e. The first kappa shape index (κ1) is 19.3. The van der Waals surface area contributed by atoms with Crippen molar-refractivity contribution in [2.24, 2.45) is 0 Å². The fraction of sp³-hybridized carbons (Fsp3) is 0.316. The van der Waals surface area contributed by atoms with Crippen LogP contribution in [-0.2, 0) is 14.3 Å². The van der Waals surface area contributed by atoms with Crippen LogP contribution in [0.5, 0.6) is 17.2 Å². The van der Waals surface area contributed by atoms with Crippen molar-refractivity contribution in [3.05, 3.63) is 51.4 Å². The molecule has 2 N–H and O–H groups in total. The second-order valence-corrected chi connectivity index (χ2v) is 6.02. The molecule has 0 aliphatic carbocycles. The van der Waals surface area contributed by atoms with Crippen LogP contribution < -0.4 is 15.0 Å². The van der Waals surface area contributed by atoms with Gasteiger partial charge in [-0.3, -0.25) is 9.59 Å². The van der Waals surface area contributed by atoms with Crippen LogP contribution in [0.2, 0.25) is 0 Å². The first-order chi connectivity index (χ1) is 13.5. The lowest BCUT2D eigenvalue weighted by molar-refractivity contribution is -0.140. The Bertz CT molecular complexity index is 965. The van der Waals surface area contributed by atoms with Gasteiger partial charge in [0.1, 0.15) is 24.5 Å². The normalized spacial score (nSPS) is 13.5. The molecule has 0 radical (unpaired) electrons. The number of aromatic amines is 1. The van der Waals surface area contributed by atoms with Gasteiger partial charge in [-0.05, 0) is 17.7 Å². The SMILES string of the molecule is COC(=O)C[C@@H](c1ccc2c(c1)OCCO2)c1c(O)c(C(=O)OC)c[nH]c1=O. The maximum Gasteiger partial charge on any atom is 0.343 e. The minimum atomic E-state index is -0.892. The number of benzene rings is 1. The highest BCUT2D eigenvalue weighted by molar-refractivity contribution is 5.92. The molecule has 0 saturated heterocycles. The molecule has 0 saturated carbocycles. The van der Waals surface area contributed by atoms with Gasteiger partial charge >= 0.3 is 11.9 Å². The first-order valence-electron chi connectivity index (χ1n) is 8.45. The van der Waals surface area contributed by atoms with Crippen molar-refractivity contribution in [2.45, 2.75) is 12.3 Å². The number of aromatic nitrogens is 1. The fourth-order valence-corrected chi connectivity index (χ4v) is 3.04. The van der Waals surface area contributed by atoms with E-state index in [0.717, 1.165) is 13.3 Å². The summed E-state index contributed by atoms with van der Waals surface area (Å²) in [5.41, 5.74) is -0.499. The summed E-state index contributed by atoms with van der Waals surface area (Å²) in [7, 11) is 2.37. The maximum atomic E-state index is 12.5. The zero-order valence-corrected chi connectivity index (χ0v) is 15.3. The molecule has 1 aromatic heterocycles. The number of hydrogen-bond acceptors (Lipinski definition) is 8. The molecule has 1 aromatic carbocycles. The number of esters is 2. The number of carbonyl (C=O) groups excluding carboxylic acids is 2. The van der Waals surface area contributed by atoms with Crippen LogP contribution in [0.3, 0.4) is 0 Å². The van der Waals surface area contributed by atoms with E-state index in [1.165, 1.54) is 7.11 Å². The molecule has 1 atom stereocenters. The van der Waals surface area contributed by atoms with E-state index in [-0.39, 0.29) is 17.5 Å². The molecule has 0 fully saturated rings. The topological polar surface area (TPSA) is 124 Å². The summed E-state index contributed by atoms with van der Waals surface area (Å²) < 4.78 is 20.4. The van der Waals surface area contributed by atoms with Crippen molar-refractivity contribution in [2.75, 3.05) is 27.4 Å². The highest BCUT2D eigenvalue weighted by Gasteiger charge is 2.29. The van der Waals surface area contributed by atoms with Crippen LogP contribution in [0.15, 0.2) is 29.2 Å². The monoisotopic (exact) mass is 389 g/mol. The van der Waals surface area contributed by atoms with Crippen LogP contribution in [0.25, 0.3) is 0 Å². The van der Waals surface area contributed by atoms with E-state index in [1.807, 2.05) is 0 Å². The number of methoxy groups -OCH3 is 2. The number of pyridine rings is 1. The van der Waals surface area contributed by atoms with Crippen LogP contribution in [0.1, 0.15) is 33.8 Å². The summed E-state index contributed by atoms with van der Waals surface area (Å²) in [5, 5.41) is 10.6. The lowest BCUT2D eigenvalue weighted by atomic mass is 9.87. The minimum absolute atomic E-state index is 0.148. The molecule has 3 rings (SSSR count). The number of carbonyl (C=O) groups is 2. The van der Waals surface area contributed by atoms with Gasteiger partial charge in [0.15, 0.2) is 11.5 Å². The van der Waals surface area contributed by atoms with Crippen LogP contribution >= 0.6 is 0 Å². The molecule has 0 amide bonds. The fourth-order valence-electron chi connectivity index (χ4n) is 3.04. The molecule has 148 valence electrons. The van der Waals surface area contributed by atoms with E-state index in [2.05, 4.69) is 9.72 Å². The third-order valence-corrected chi connectivity index (χ3v) is 4.42. The number of hydrogen-bond donors (Lipinski definition) is 2. The van der Waals surface area contributed by atoms with E-state index < -0.39 is 29.2 Å². The van der Waals surface area contributed by atoms with Gasteiger partial charge in [-0.1, -0.05) is 6.07 Å². The Morgan fingerprint density at radius 3 is 2.57 bits per heavy atom. The average molecular weight is 389 g/mol. The Kier molecular flexibility index (Phi) is 5.53. The van der Waals surface area contributed by atoms with Gasteiger partial charge < -0.3 is 29.0 Å². The summed E-state index contributed by atoms with van der Waals surface area (Å²) >= 11 is 0. The second kappa shape index (κ2) is 8.03. The molecule has 2 heterocycles. The van der Waals surface area contributed by atoms with Gasteiger partial charge in [0.05, 0.1) is 26.2 Å². The van der Waals surface area contributed by atoms with Crippen molar-refractivity contribution in [3.63, 3.8) is 0 Å². The Morgan fingerprint density at radius 1 is 1.18 bits per heavy atom. The lowest BCUT2D eigenvalue weighted by Crippen LogP contribution is -2.22. The summed E-state index contributed by atoms with van der Waals surface area (Å²) in [6.45, 7) is 0.779. The first-order valence-corrected chi connectivity index (χ1v) is 8.45. The summed E-state index contributed by atoms with van der Waals surface area (Å²) in [6.07, 6.45) is 0.823. The van der Waals surface area contributed by atoms with Crippen molar-refractivity contribution < 1.29 is 33.6 Å². The second-order valence-electron chi connectivity index (χ2n) is 6.02. The van der Waals surface area contributed by atoms with Gasteiger partial charge in [0, 0.05) is 12.1 Å². The summed E-state index contributed by atoms with van der Waals surface area (Å²) in [5.74, 6) is -1.88. The van der Waals surface area contributed by atoms with Crippen LogP contribution in [-0.4, -0.2) is 49.5 Å². The Hall–Kier alpha value is -3.49. The summed E-state index contributed by atoms with van der Waals surface area (Å²) in [4.78, 5) is 38.8. The van der Waals surface area contributed by atoms with Crippen molar-refractivity contribution >= 4 is 11.9 Å². The predicted molar refractivity (Wildman–Crippen MR) is 96.0 cm³/mol. The molecule has 9 nitrogen and oxygen atoms in total. The molecular formula is C19H19NO8. The smallest absolute Gasteiger partial charge is 0.343 e. The van der Waals surface area contributed by atoms with E-state index in [4.69, 9.17) is 14.2 Å². The number of ether oxygens (including phenoxy) is 4. The molecule has 1 aliphatic heterocycles. The van der Waals surface area contributed by atoms with Gasteiger partial charge in [-0.15, -0.1) is 0 Å². The quantitative estimate of drug-likeness (QED) is 0.734. The highest BCUT2D eigenvalue weighted by atomic mass is 16.6. The van der Waals surface area contributed by atoms with Crippen molar-refractivity contribution in [1.29, 1.82) is 0 Å². The molecule has 0 unspecified atom stereocenters. The molecule has 28 heavy (non-hydrogen) atoms. The molecular weight excluding hydrogens is 370 g/mol. The Morgan fingerprint density at radius 2 is 1.89 bits per heavy atom. The highest BCUT2D eigenvalue weighted by Crippen LogP contribution is 2.38. The number of rotatable bonds is 5. The molecule has 1 aliphatic rings. The third-order valence-electron chi connectivity index (χ3n) is 4.42. The van der Waals surface area contributed by atoms with Crippen LogP contribution in [0, 0.1) is 0 Å². The van der Waals surface area contributed by atoms with Gasteiger partial charge in [-0.2, -0.15) is 0 Å². The van der Waals surface area contributed by atoms with Crippen molar-refractivity contribution in [1.82, 2.24) is 4.98 Å². The standard InChI is InChI=1S/C19H19NO8/c1-25-15(21)8-11(10-3-4-13-14(7-10)28-6-5-27-13)16-17(22)12(19(24)26-2)9-20-18(16)23/h3-4,7,9,11H,5-6,8H2,1-2H3,(H2,20,22,23)/t11-/m0/s1. The van der Waals surface area contributed by atoms with E-state index >= 15 is 0 Å². The predicted octanol–water partition coefficient (Wildman–Crippen LogP) is 1.33. The lowest BCUT2D eigenvalue weighted by Gasteiger charge is -2.22. The van der Waals surface area contributed by atoms with Gasteiger partial charge in [0.25, 0.3) is 5.56 Å². The van der Waals surface area contributed by atoms with Gasteiger partial charge in [-0.25, -0.2) is 4.79 Å². The largest absolute Gasteiger partial charge is 0.506 e. The van der Waals surface area contributed by atoms with E-state index in [9.17, 15) is 19.5 Å². The zero-order chi connectivity index (χ0) is 20.3. The number of aromatic hydroxyl groups is 1. The van der Waals surface area contributed by atoms with Crippen molar-refractivity contribution in [3.8, 4) is 17.2 Å². The average Bonchev–Trinajstić information content (AvgIpc) is 2.72. The number of nitrogens with one attached hydrogen (secondary N) is 1. The third kappa shape index (κ3) is 3.64. The molecule has 2 aromatic rings. The molecule has 0 bridgehead atoms. The van der Waals surface area contributed by atoms with E-state index in [0.29, 0.717) is 30.3 Å². The Labute approximate surface area is 159 Å². The van der Waals surface area contributed by atoms with Gasteiger partial charge in [0.2, 0.25) is 0 Å². The number of fused-ring (bicyclic) bond motifs is 1. The molecule has 9 heteroatoms. The summed E-state index contributed by atoms with van der Waals surface area (Å²) in [6, 6.07) is 4.94. The molecule has 0 spiro atoms.